The second kappa shape index (κ2) is 8.59. The van der Waals surface area contributed by atoms with E-state index >= 15 is 0 Å². The van der Waals surface area contributed by atoms with Gasteiger partial charge in [-0.1, -0.05) is 27.4 Å². The summed E-state index contributed by atoms with van der Waals surface area (Å²) >= 11 is 4.71. The van der Waals surface area contributed by atoms with Gasteiger partial charge in [-0.2, -0.15) is 0 Å². The summed E-state index contributed by atoms with van der Waals surface area (Å²) in [6.07, 6.45) is 9.45. The summed E-state index contributed by atoms with van der Waals surface area (Å²) in [7, 11) is -1.02. The molecule has 0 radical (unpaired) electrons. The van der Waals surface area contributed by atoms with Crippen LogP contribution in [0.5, 0.6) is 5.75 Å². The van der Waals surface area contributed by atoms with Crippen molar-refractivity contribution in [1.29, 1.82) is 0 Å². The highest BCUT2D eigenvalue weighted by atomic mass is 79.9. The van der Waals surface area contributed by atoms with Crippen LogP contribution in [0.1, 0.15) is 83.1 Å². The van der Waals surface area contributed by atoms with E-state index in [0.717, 1.165) is 5.75 Å². The van der Waals surface area contributed by atoms with E-state index in [1.807, 2.05) is 0 Å². The van der Waals surface area contributed by atoms with Crippen molar-refractivity contribution in [3.8, 4) is 5.75 Å². The quantitative estimate of drug-likeness (QED) is 0.317. The molecule has 2 aliphatic rings. The molecule has 0 aliphatic carbocycles. The number of methoxy groups -OCH3 is 1. The average molecular weight is 580 g/mol. The Labute approximate surface area is 224 Å². The Kier molecular flexibility index (Phi) is 6.92. The van der Waals surface area contributed by atoms with Gasteiger partial charge < -0.3 is 23.0 Å². The van der Waals surface area contributed by atoms with Crippen molar-refractivity contribution >= 4 is 34.9 Å². The van der Waals surface area contributed by atoms with Crippen LogP contribution in [-0.2, 0) is 0 Å². The van der Waals surface area contributed by atoms with E-state index in [9.17, 15) is 0 Å². The molecule has 0 amide bonds. The predicted molar refractivity (Wildman–Crippen MR) is 158 cm³/mol. The molecule has 1 aromatic rings. The first kappa shape index (κ1) is 28.2. The lowest BCUT2D eigenvalue weighted by atomic mass is 10.1. The molecule has 0 N–H and O–H groups in total. The monoisotopic (exact) mass is 578 g/mol. The Bertz CT molecular complexity index is 933. The SMILES string of the molecule is COc1ccc([Si]2([Si]3(Br)N(C(C)(C)C)C=CN3C(C)(C)C)N(C(C)(C)C)C=CN2C(C)(C)C)cc1. The molecule has 0 atom stereocenters. The smallest absolute Gasteiger partial charge is 0.375 e. The van der Waals surface area contributed by atoms with Crippen molar-refractivity contribution in [2.24, 2.45) is 0 Å². The van der Waals surface area contributed by atoms with Crippen LogP contribution in [0.3, 0.4) is 0 Å². The van der Waals surface area contributed by atoms with Crippen molar-refractivity contribution in [2.45, 2.75) is 105 Å². The van der Waals surface area contributed by atoms with E-state index in [1.54, 1.807) is 7.11 Å². The van der Waals surface area contributed by atoms with Gasteiger partial charge in [-0.05, 0) is 100 Å². The topological polar surface area (TPSA) is 22.2 Å². The lowest BCUT2D eigenvalue weighted by Gasteiger charge is -2.63. The molecule has 0 bridgehead atoms. The minimum Gasteiger partial charge on any atom is -0.497 e. The number of ether oxygens (including phenoxy) is 1. The molecule has 1 aromatic carbocycles. The van der Waals surface area contributed by atoms with Crippen LogP contribution in [-0.4, -0.2) is 62.0 Å². The van der Waals surface area contributed by atoms with Crippen LogP contribution < -0.4 is 9.92 Å². The average Bonchev–Trinajstić information content (AvgIpc) is 3.27. The molecule has 8 heteroatoms. The minimum atomic E-state index is -2.77. The summed E-state index contributed by atoms with van der Waals surface area (Å²) in [4.78, 5) is 0. The number of halogens is 1. The molecule has 0 fully saturated rings. The first-order valence-corrected chi connectivity index (χ1v) is 19.7. The van der Waals surface area contributed by atoms with Crippen molar-refractivity contribution in [3.05, 3.63) is 49.1 Å². The van der Waals surface area contributed by atoms with E-state index in [0.29, 0.717) is 0 Å². The number of hydrogen-bond acceptors (Lipinski definition) is 5. The second-order valence-electron chi connectivity index (χ2n) is 13.7. The van der Waals surface area contributed by atoms with Gasteiger partial charge in [0.15, 0.2) is 0 Å². The Balaban J connectivity index is 2.53. The van der Waals surface area contributed by atoms with Crippen molar-refractivity contribution in [2.75, 3.05) is 7.11 Å². The van der Waals surface area contributed by atoms with Crippen LogP contribution in [0, 0.1) is 0 Å². The summed E-state index contributed by atoms with van der Waals surface area (Å²) in [6.45, 7) is 25.5. The van der Waals surface area contributed by atoms with Crippen LogP contribution in [0.25, 0.3) is 0 Å². The first-order valence-electron chi connectivity index (χ1n) is 12.6. The zero-order valence-electron chi connectivity index (χ0n) is 24.2. The van der Waals surface area contributed by atoms with Crippen molar-refractivity contribution in [3.63, 3.8) is 0 Å². The van der Waals surface area contributed by atoms with Crippen molar-refractivity contribution < 1.29 is 4.74 Å². The molecule has 35 heavy (non-hydrogen) atoms. The van der Waals surface area contributed by atoms with Gasteiger partial charge >= 0.3 is 14.4 Å². The third kappa shape index (κ3) is 4.37. The molecule has 3 rings (SSSR count). The highest BCUT2D eigenvalue weighted by Crippen LogP contribution is 2.51. The fourth-order valence-electron chi connectivity index (χ4n) is 5.59. The molecule has 196 valence electrons. The van der Waals surface area contributed by atoms with Crippen LogP contribution in [0.2, 0.25) is 0 Å². The minimum absolute atomic E-state index is 0.0611. The maximum atomic E-state index is 5.59. The molecule has 0 saturated heterocycles. The lowest BCUT2D eigenvalue weighted by molar-refractivity contribution is 0.252. The first-order chi connectivity index (χ1) is 15.7. The zero-order chi connectivity index (χ0) is 26.8. The fourth-order valence-corrected chi connectivity index (χ4v) is 33.5. The number of nitrogens with zero attached hydrogens (tertiary/aromatic N) is 4. The van der Waals surface area contributed by atoms with Gasteiger partial charge in [0.1, 0.15) is 5.75 Å². The lowest BCUT2D eigenvalue weighted by Crippen LogP contribution is -2.92. The van der Waals surface area contributed by atoms with Gasteiger partial charge in [0.25, 0.3) is 0 Å². The maximum absolute atomic E-state index is 5.59. The van der Waals surface area contributed by atoms with Crippen LogP contribution in [0.4, 0.5) is 0 Å². The van der Waals surface area contributed by atoms with Gasteiger partial charge in [-0.25, -0.2) is 0 Å². The van der Waals surface area contributed by atoms with Gasteiger partial charge in [0.05, 0.1) is 7.11 Å². The Hall–Kier alpha value is -1.39. The van der Waals surface area contributed by atoms with E-state index in [1.165, 1.54) is 5.19 Å². The highest BCUT2D eigenvalue weighted by molar-refractivity contribution is 9.27. The predicted octanol–water partition coefficient (Wildman–Crippen LogP) is 6.13. The second-order valence-corrected chi connectivity index (χ2v) is 28.5. The van der Waals surface area contributed by atoms with Gasteiger partial charge in [-0.3, -0.25) is 0 Å². The van der Waals surface area contributed by atoms with E-state index < -0.39 is 14.4 Å². The van der Waals surface area contributed by atoms with Crippen molar-refractivity contribution in [1.82, 2.24) is 18.3 Å². The summed E-state index contributed by atoms with van der Waals surface area (Å²) in [5, 5.41) is 1.39. The molecule has 0 spiro atoms. The summed E-state index contributed by atoms with van der Waals surface area (Å²) < 4.78 is 16.4. The normalized spacial score (nSPS) is 20.3. The third-order valence-corrected chi connectivity index (χ3v) is 28.6. The summed E-state index contributed by atoms with van der Waals surface area (Å²) in [6, 6.07) is 8.93. The number of benzene rings is 1. The molecular formula is C27H47BrN4OSi2. The Morgan fingerprint density at radius 2 is 0.886 bits per heavy atom. The molecule has 0 aromatic heterocycles. The third-order valence-electron chi connectivity index (χ3n) is 6.89. The molecular weight excluding hydrogens is 532 g/mol. The summed E-state index contributed by atoms with van der Waals surface area (Å²) in [5.41, 5.74) is -0.277. The fraction of sp³-hybridized carbons (Fsp3) is 0.630. The summed E-state index contributed by atoms with van der Waals surface area (Å²) in [5.74, 6) is 0.892. The number of hydrogen-bond donors (Lipinski definition) is 0. The van der Waals surface area contributed by atoms with E-state index in [2.05, 4.69) is 150 Å². The Morgan fingerprint density at radius 3 is 1.17 bits per heavy atom. The van der Waals surface area contributed by atoms with Gasteiger partial charge in [0.2, 0.25) is 0 Å². The molecule has 0 saturated carbocycles. The molecule has 0 unspecified atom stereocenters. The zero-order valence-corrected chi connectivity index (χ0v) is 27.8. The van der Waals surface area contributed by atoms with Crippen LogP contribution >= 0.6 is 15.3 Å². The maximum Gasteiger partial charge on any atom is 0.375 e. The van der Waals surface area contributed by atoms with Crippen LogP contribution in [0.15, 0.2) is 49.1 Å². The Morgan fingerprint density at radius 1 is 0.571 bits per heavy atom. The van der Waals surface area contributed by atoms with E-state index in [-0.39, 0.29) is 22.2 Å². The largest absolute Gasteiger partial charge is 0.497 e. The standard InChI is InChI=1S/C27H47BrN4OSi2/c1-24(2,3)29-18-19-30(25(4,5)6)34(29,23-16-14-22(33-13)15-17-23)35(28)31(26(7,8)9)20-21-32(35)27(10,11)12/h14-21H,1-13H3. The van der Waals surface area contributed by atoms with Gasteiger partial charge in [0, 0.05) is 47.0 Å². The molecule has 2 heterocycles. The van der Waals surface area contributed by atoms with Gasteiger partial charge in [-0.15, -0.1) is 0 Å². The molecule has 5 nitrogen and oxygen atoms in total. The van der Waals surface area contributed by atoms with E-state index in [4.69, 9.17) is 20.0 Å². The number of rotatable bonds is 3. The highest BCUT2D eigenvalue weighted by Gasteiger charge is 2.76. The molecule has 2 aliphatic heterocycles.